The van der Waals surface area contributed by atoms with E-state index in [1.54, 1.807) is 12.3 Å². The summed E-state index contributed by atoms with van der Waals surface area (Å²) >= 11 is 0. The lowest BCUT2D eigenvalue weighted by atomic mass is 9.97. The molecule has 3 N–H and O–H groups in total. The number of aryl methyl sites for hydroxylation is 1. The fourth-order valence-corrected chi connectivity index (χ4v) is 5.79. The molecule has 2 aromatic carbocycles. The van der Waals surface area contributed by atoms with Crippen LogP contribution in [0.5, 0.6) is 0 Å². The van der Waals surface area contributed by atoms with Crippen LogP contribution in [0.3, 0.4) is 0 Å². The van der Waals surface area contributed by atoms with Gasteiger partial charge in [0.25, 0.3) is 5.91 Å². The Bertz CT molecular complexity index is 1760. The molecule has 0 unspecified atom stereocenters. The molecule has 1 aliphatic heterocycles. The number of carbonyl (C=O) groups is 2. The van der Waals surface area contributed by atoms with Crippen molar-refractivity contribution in [2.45, 2.75) is 37.9 Å². The van der Waals surface area contributed by atoms with Crippen LogP contribution < -0.4 is 11.1 Å². The largest absolute Gasteiger partial charge is 0.416 e. The molecule has 1 aliphatic carbocycles. The Morgan fingerprint density at radius 3 is 2.39 bits per heavy atom. The van der Waals surface area contributed by atoms with Crippen LogP contribution in [-0.2, 0) is 22.9 Å². The van der Waals surface area contributed by atoms with Crippen molar-refractivity contribution in [3.05, 3.63) is 89.0 Å². The van der Waals surface area contributed by atoms with Crippen LogP contribution in [0.2, 0.25) is 0 Å². The van der Waals surface area contributed by atoms with Crippen molar-refractivity contribution in [1.82, 2.24) is 19.8 Å². The fraction of sp³-hybridized carbons (Fsp3) is 0.333. The molecule has 0 bridgehead atoms. The number of nitrogens with zero attached hydrogens (tertiary/aromatic N) is 4. The van der Waals surface area contributed by atoms with Crippen molar-refractivity contribution in [1.29, 1.82) is 0 Å². The zero-order valence-electron chi connectivity index (χ0n) is 24.5. The van der Waals surface area contributed by atoms with Gasteiger partial charge in [-0.15, -0.1) is 0 Å². The Kier molecular flexibility index (Phi) is 7.63. The molecule has 1 saturated heterocycles. The summed E-state index contributed by atoms with van der Waals surface area (Å²) < 4.78 is 42.2. The monoisotopic (exact) mass is 602 g/mol. The van der Waals surface area contributed by atoms with Crippen molar-refractivity contribution < 1.29 is 22.8 Å². The SMILES string of the molecule is Cc1ncc(NC(=O)c2ccc(CN3CCN(C)CC3)c(C(F)(F)F)c2)cc1-c1ccc2cc(C3(C(N)=O)CC3)ncc2c1. The van der Waals surface area contributed by atoms with Crippen LogP contribution in [-0.4, -0.2) is 64.8 Å². The number of carbonyl (C=O) groups excluding carboxylic acids is 2. The van der Waals surface area contributed by atoms with E-state index in [1.165, 1.54) is 18.3 Å². The average molecular weight is 603 g/mol. The predicted octanol–water partition coefficient (Wildman–Crippen LogP) is 5.14. The summed E-state index contributed by atoms with van der Waals surface area (Å²) in [5, 5.41) is 4.49. The molecule has 0 atom stereocenters. The van der Waals surface area contributed by atoms with E-state index in [1.807, 2.05) is 43.1 Å². The van der Waals surface area contributed by atoms with Gasteiger partial charge in [-0.2, -0.15) is 13.2 Å². The summed E-state index contributed by atoms with van der Waals surface area (Å²) in [5.74, 6) is -1.02. The number of likely N-dealkylation sites (N-methyl/N-ethyl adjacent to an activating group) is 1. The zero-order chi connectivity index (χ0) is 31.2. The van der Waals surface area contributed by atoms with Gasteiger partial charge in [0.15, 0.2) is 0 Å². The van der Waals surface area contributed by atoms with Gasteiger partial charge in [-0.3, -0.25) is 24.5 Å². The molecule has 3 heterocycles. The van der Waals surface area contributed by atoms with Crippen molar-refractivity contribution >= 4 is 28.3 Å². The van der Waals surface area contributed by atoms with Crippen LogP contribution >= 0.6 is 0 Å². The van der Waals surface area contributed by atoms with Crippen molar-refractivity contribution in [2.24, 2.45) is 5.73 Å². The van der Waals surface area contributed by atoms with Crippen LogP contribution in [0.15, 0.2) is 60.9 Å². The van der Waals surface area contributed by atoms with Gasteiger partial charge in [-0.05, 0) is 73.7 Å². The maximum absolute atomic E-state index is 14.1. The first kappa shape index (κ1) is 29.7. The van der Waals surface area contributed by atoms with Crippen LogP contribution in [0.25, 0.3) is 21.9 Å². The minimum atomic E-state index is -4.60. The number of pyridine rings is 2. The molecular weight excluding hydrogens is 569 g/mol. The van der Waals surface area contributed by atoms with Gasteiger partial charge in [0, 0.05) is 61.1 Å². The number of halogens is 3. The number of hydrogen-bond donors (Lipinski definition) is 2. The number of nitrogens with one attached hydrogen (secondary N) is 1. The molecule has 4 aromatic rings. The minimum Gasteiger partial charge on any atom is -0.369 e. The third kappa shape index (κ3) is 5.89. The summed E-state index contributed by atoms with van der Waals surface area (Å²) in [6, 6.07) is 13.2. The summed E-state index contributed by atoms with van der Waals surface area (Å²) in [4.78, 5) is 38.2. The highest BCUT2D eigenvalue weighted by atomic mass is 19.4. The number of rotatable bonds is 7. The first-order chi connectivity index (χ1) is 20.9. The fourth-order valence-electron chi connectivity index (χ4n) is 5.79. The number of hydrogen-bond acceptors (Lipinski definition) is 6. The van der Waals surface area contributed by atoms with E-state index in [9.17, 15) is 22.8 Å². The standard InChI is InChI=1S/C33H33F3N6O2/c1-20-27(22-4-3-21-15-29(39-17-25(21)13-22)32(7-8-32)31(37)44)16-26(18-38-20)40-30(43)23-5-6-24(28(14-23)33(34,35)36)19-42-11-9-41(2)10-12-42/h3-6,13-18H,7-12,19H2,1-2H3,(H2,37,44)(H,40,43). The van der Waals surface area contributed by atoms with Crippen molar-refractivity contribution in [3.63, 3.8) is 0 Å². The number of nitrogens with two attached hydrogens (primary N) is 1. The molecule has 2 amide bonds. The zero-order valence-corrected chi connectivity index (χ0v) is 24.5. The normalized spacial score (nSPS) is 17.0. The van der Waals surface area contributed by atoms with E-state index < -0.39 is 23.1 Å². The van der Waals surface area contributed by atoms with Gasteiger partial charge < -0.3 is 16.0 Å². The van der Waals surface area contributed by atoms with Crippen LogP contribution in [0, 0.1) is 6.92 Å². The minimum absolute atomic E-state index is 0.0847. The number of piperazine rings is 1. The second-order valence-corrected chi connectivity index (χ2v) is 11.8. The average Bonchev–Trinajstić information content (AvgIpc) is 3.81. The smallest absolute Gasteiger partial charge is 0.369 e. The number of anilines is 1. The van der Waals surface area contributed by atoms with E-state index in [-0.39, 0.29) is 23.6 Å². The molecule has 0 radical (unpaired) electrons. The van der Waals surface area contributed by atoms with E-state index in [0.29, 0.717) is 43.0 Å². The van der Waals surface area contributed by atoms with Crippen molar-refractivity contribution in [2.75, 3.05) is 38.5 Å². The first-order valence-corrected chi connectivity index (χ1v) is 14.5. The number of benzene rings is 2. The lowest BCUT2D eigenvalue weighted by molar-refractivity contribution is -0.138. The molecule has 8 nitrogen and oxygen atoms in total. The number of amides is 2. The molecule has 228 valence electrons. The molecule has 11 heteroatoms. The van der Waals surface area contributed by atoms with Gasteiger partial charge in [-0.25, -0.2) is 0 Å². The first-order valence-electron chi connectivity index (χ1n) is 14.5. The summed E-state index contributed by atoms with van der Waals surface area (Å²) in [6.45, 7) is 4.97. The maximum Gasteiger partial charge on any atom is 0.416 e. The lowest BCUT2D eigenvalue weighted by Gasteiger charge is -2.33. The number of fused-ring (bicyclic) bond motifs is 1. The Balaban J connectivity index is 1.22. The molecule has 1 saturated carbocycles. The van der Waals surface area contributed by atoms with Gasteiger partial charge in [-0.1, -0.05) is 18.2 Å². The van der Waals surface area contributed by atoms with Gasteiger partial charge >= 0.3 is 6.18 Å². The summed E-state index contributed by atoms with van der Waals surface area (Å²) in [7, 11) is 1.99. The van der Waals surface area contributed by atoms with Gasteiger partial charge in [0.1, 0.15) is 0 Å². The second-order valence-electron chi connectivity index (χ2n) is 11.8. The third-order valence-electron chi connectivity index (χ3n) is 8.76. The Labute approximate surface area is 253 Å². The van der Waals surface area contributed by atoms with E-state index in [2.05, 4.69) is 20.2 Å². The number of alkyl halides is 3. The van der Waals surface area contributed by atoms with Crippen molar-refractivity contribution in [3.8, 4) is 11.1 Å². The molecule has 2 fully saturated rings. The highest BCUT2D eigenvalue weighted by molar-refractivity contribution is 6.04. The second kappa shape index (κ2) is 11.3. The number of primary amides is 1. The maximum atomic E-state index is 14.1. The Hall–Kier alpha value is -4.35. The summed E-state index contributed by atoms with van der Waals surface area (Å²) in [6.07, 6.45) is -0.00313. The molecule has 6 rings (SSSR count). The molecule has 44 heavy (non-hydrogen) atoms. The Morgan fingerprint density at radius 2 is 1.70 bits per heavy atom. The van der Waals surface area contributed by atoms with E-state index >= 15 is 0 Å². The summed E-state index contributed by atoms with van der Waals surface area (Å²) in [5.41, 5.74) is 7.53. The molecular formula is C33H33F3N6O2. The van der Waals surface area contributed by atoms with Gasteiger partial charge in [0.05, 0.1) is 28.6 Å². The number of aromatic nitrogens is 2. The van der Waals surface area contributed by atoms with Crippen LogP contribution in [0.4, 0.5) is 18.9 Å². The van der Waals surface area contributed by atoms with Crippen LogP contribution in [0.1, 0.15) is 45.7 Å². The molecule has 0 spiro atoms. The predicted molar refractivity (Wildman–Crippen MR) is 162 cm³/mol. The highest BCUT2D eigenvalue weighted by Crippen LogP contribution is 2.47. The highest BCUT2D eigenvalue weighted by Gasteiger charge is 2.51. The van der Waals surface area contributed by atoms with E-state index in [4.69, 9.17) is 5.73 Å². The third-order valence-corrected chi connectivity index (χ3v) is 8.76. The molecule has 2 aliphatic rings. The Morgan fingerprint density at radius 1 is 0.955 bits per heavy atom. The molecule has 2 aromatic heterocycles. The van der Waals surface area contributed by atoms with Gasteiger partial charge in [0.2, 0.25) is 5.91 Å². The lowest BCUT2D eigenvalue weighted by Crippen LogP contribution is -2.44. The quantitative estimate of drug-likeness (QED) is 0.304. The topological polar surface area (TPSA) is 104 Å². The van der Waals surface area contributed by atoms with E-state index in [0.717, 1.165) is 41.1 Å².